The first-order valence-corrected chi connectivity index (χ1v) is 7.64. The Bertz CT molecular complexity index is 863. The Labute approximate surface area is 134 Å². The summed E-state index contributed by atoms with van der Waals surface area (Å²) in [4.78, 5) is 10.1. The van der Waals surface area contributed by atoms with E-state index in [0.717, 1.165) is 22.5 Å². The zero-order chi connectivity index (χ0) is 15.9. The number of aliphatic hydroxyl groups is 1. The molecule has 0 fully saturated rings. The van der Waals surface area contributed by atoms with Gasteiger partial charge in [0.1, 0.15) is 11.4 Å². The molecule has 1 aliphatic carbocycles. The highest BCUT2D eigenvalue weighted by atomic mass is 16.7. The second kappa shape index (κ2) is 5.22. The summed E-state index contributed by atoms with van der Waals surface area (Å²) in [7, 11) is 0. The van der Waals surface area contributed by atoms with Crippen LogP contribution in [0.1, 0.15) is 41.5 Å². The molecule has 4 rings (SSSR count). The second-order valence-corrected chi connectivity index (χ2v) is 6.02. The van der Waals surface area contributed by atoms with Gasteiger partial charge in [-0.3, -0.25) is 0 Å². The number of hydrogen-bond donors (Lipinski definition) is 1. The van der Waals surface area contributed by atoms with Crippen molar-refractivity contribution in [3.8, 4) is 11.8 Å². The van der Waals surface area contributed by atoms with Gasteiger partial charge in [0.2, 0.25) is 0 Å². The number of fused-ring (bicyclic) bond motifs is 2. The Balaban J connectivity index is 1.59. The molecule has 1 N–H and O–H groups in total. The van der Waals surface area contributed by atoms with Crippen LogP contribution in [0.25, 0.3) is 0 Å². The van der Waals surface area contributed by atoms with Gasteiger partial charge in [-0.25, -0.2) is 4.98 Å². The molecule has 4 nitrogen and oxygen atoms in total. The minimum atomic E-state index is -0.569. The van der Waals surface area contributed by atoms with Gasteiger partial charge >= 0.3 is 0 Å². The van der Waals surface area contributed by atoms with E-state index < -0.39 is 11.7 Å². The van der Waals surface area contributed by atoms with E-state index in [1.165, 1.54) is 0 Å². The first kappa shape index (κ1) is 14.0. The van der Waals surface area contributed by atoms with Crippen LogP contribution >= 0.6 is 0 Å². The molecule has 1 aliphatic heterocycles. The number of hydrogen-bond acceptors (Lipinski definition) is 4. The molecule has 2 atom stereocenters. The largest absolute Gasteiger partial charge is 0.388 e. The Hall–Kier alpha value is -2.64. The predicted octanol–water partition coefficient (Wildman–Crippen LogP) is 2.85. The van der Waals surface area contributed by atoms with Crippen LogP contribution in [-0.4, -0.2) is 15.8 Å². The van der Waals surface area contributed by atoms with Gasteiger partial charge in [-0.2, -0.15) is 0 Å². The van der Waals surface area contributed by atoms with Crippen LogP contribution in [0.15, 0.2) is 47.6 Å². The molecule has 1 aromatic heterocycles. The van der Waals surface area contributed by atoms with Crippen molar-refractivity contribution in [3.63, 3.8) is 0 Å². The van der Waals surface area contributed by atoms with Crippen LogP contribution in [-0.2, 0) is 10.4 Å². The molecule has 0 saturated heterocycles. The lowest BCUT2D eigenvalue weighted by Gasteiger charge is -2.21. The van der Waals surface area contributed by atoms with Crippen LogP contribution in [0.2, 0.25) is 0 Å². The highest BCUT2D eigenvalue weighted by molar-refractivity contribution is 6.02. The summed E-state index contributed by atoms with van der Waals surface area (Å²) in [6.07, 6.45) is 0.594. The molecule has 2 aliphatic rings. The molecule has 0 amide bonds. The molecule has 2 heterocycles. The van der Waals surface area contributed by atoms with Crippen LogP contribution in [0, 0.1) is 18.8 Å². The molecule has 114 valence electrons. The minimum absolute atomic E-state index is 0.507. The number of aromatic nitrogens is 1. The van der Waals surface area contributed by atoms with Gasteiger partial charge in [-0.15, -0.1) is 0 Å². The maximum Gasteiger partial charge on any atom is 0.172 e. The van der Waals surface area contributed by atoms with Gasteiger partial charge < -0.3 is 9.94 Å². The molecule has 2 aromatic rings. The fourth-order valence-corrected chi connectivity index (χ4v) is 3.28. The van der Waals surface area contributed by atoms with Crippen molar-refractivity contribution >= 4 is 5.71 Å². The van der Waals surface area contributed by atoms with E-state index in [1.807, 2.05) is 49.4 Å². The summed E-state index contributed by atoms with van der Waals surface area (Å²) >= 11 is 0. The van der Waals surface area contributed by atoms with Crippen LogP contribution in [0.3, 0.4) is 0 Å². The van der Waals surface area contributed by atoms with Crippen molar-refractivity contribution in [3.05, 3.63) is 65.0 Å². The van der Waals surface area contributed by atoms with E-state index in [9.17, 15) is 5.11 Å². The molecule has 0 bridgehead atoms. The van der Waals surface area contributed by atoms with Crippen molar-refractivity contribution in [2.75, 3.05) is 0 Å². The SMILES string of the molecule is Cc1cccc(C#CC2=NOC3(C2)CC(O)c2ccccc23)n1. The minimum Gasteiger partial charge on any atom is -0.388 e. The smallest absolute Gasteiger partial charge is 0.172 e. The lowest BCUT2D eigenvalue weighted by Crippen LogP contribution is -2.22. The summed E-state index contributed by atoms with van der Waals surface area (Å²) in [6, 6.07) is 13.6. The average Bonchev–Trinajstić information content (AvgIpc) is 3.09. The summed E-state index contributed by atoms with van der Waals surface area (Å²) < 4.78 is 0. The number of nitrogens with zero attached hydrogens (tertiary/aromatic N) is 2. The Kier molecular flexibility index (Phi) is 3.17. The fourth-order valence-electron chi connectivity index (χ4n) is 3.28. The van der Waals surface area contributed by atoms with Gasteiger partial charge in [0.25, 0.3) is 0 Å². The van der Waals surface area contributed by atoms with Gasteiger partial charge in [0, 0.05) is 24.1 Å². The Morgan fingerprint density at radius 3 is 2.91 bits per heavy atom. The normalized spacial score (nSPS) is 24.6. The molecule has 0 radical (unpaired) electrons. The van der Waals surface area contributed by atoms with Crippen molar-refractivity contribution in [1.82, 2.24) is 4.98 Å². The first-order chi connectivity index (χ1) is 11.2. The standard InChI is InChI=1S/C19H16N2O2/c1-13-5-4-6-14(20-13)9-10-15-11-19(23-21-15)12-18(22)16-7-2-3-8-17(16)19/h2-8,18,22H,11-12H2,1H3. The second-order valence-electron chi connectivity index (χ2n) is 6.02. The average molecular weight is 304 g/mol. The number of benzene rings is 1. The first-order valence-electron chi connectivity index (χ1n) is 7.64. The number of aryl methyl sites for hydroxylation is 1. The van der Waals surface area contributed by atoms with Gasteiger partial charge in [0.15, 0.2) is 5.60 Å². The van der Waals surface area contributed by atoms with Crippen LogP contribution in [0.4, 0.5) is 0 Å². The molecule has 0 saturated carbocycles. The molecular weight excluding hydrogens is 288 g/mol. The molecule has 1 spiro atoms. The lowest BCUT2D eigenvalue weighted by atomic mass is 9.91. The third-order valence-electron chi connectivity index (χ3n) is 4.34. The van der Waals surface area contributed by atoms with E-state index in [-0.39, 0.29) is 0 Å². The van der Waals surface area contributed by atoms with E-state index in [4.69, 9.17) is 4.84 Å². The van der Waals surface area contributed by atoms with Crippen molar-refractivity contribution in [1.29, 1.82) is 0 Å². The third kappa shape index (κ3) is 2.39. The van der Waals surface area contributed by atoms with Gasteiger partial charge in [-0.05, 0) is 36.5 Å². The predicted molar refractivity (Wildman–Crippen MR) is 86.7 cm³/mol. The van der Waals surface area contributed by atoms with E-state index in [0.29, 0.717) is 18.6 Å². The van der Waals surface area contributed by atoms with E-state index in [1.54, 1.807) is 0 Å². The van der Waals surface area contributed by atoms with Crippen molar-refractivity contribution < 1.29 is 9.94 Å². The number of oxime groups is 1. The maximum atomic E-state index is 10.3. The van der Waals surface area contributed by atoms with E-state index >= 15 is 0 Å². The zero-order valence-corrected chi connectivity index (χ0v) is 12.8. The third-order valence-corrected chi connectivity index (χ3v) is 4.34. The molecule has 1 aromatic carbocycles. The van der Waals surface area contributed by atoms with E-state index in [2.05, 4.69) is 22.0 Å². The summed E-state index contributed by atoms with van der Waals surface area (Å²) in [5.74, 6) is 6.09. The monoisotopic (exact) mass is 304 g/mol. The van der Waals surface area contributed by atoms with Gasteiger partial charge in [-0.1, -0.05) is 35.5 Å². The summed E-state index contributed by atoms with van der Waals surface area (Å²) in [6.45, 7) is 1.94. The molecule has 4 heteroatoms. The highest BCUT2D eigenvalue weighted by Gasteiger charge is 2.49. The van der Waals surface area contributed by atoms with Gasteiger partial charge in [0.05, 0.1) is 6.10 Å². The number of aliphatic hydroxyl groups excluding tert-OH is 1. The maximum absolute atomic E-state index is 10.3. The summed E-state index contributed by atoms with van der Waals surface area (Å²) in [5.41, 5.74) is 3.72. The highest BCUT2D eigenvalue weighted by Crippen LogP contribution is 2.50. The Morgan fingerprint density at radius 1 is 1.17 bits per heavy atom. The number of pyridine rings is 1. The lowest BCUT2D eigenvalue weighted by molar-refractivity contribution is -0.0413. The van der Waals surface area contributed by atoms with Crippen LogP contribution in [0.5, 0.6) is 0 Å². The molecular formula is C19H16N2O2. The summed E-state index contributed by atoms with van der Waals surface area (Å²) in [5, 5.41) is 14.4. The topological polar surface area (TPSA) is 54.7 Å². The van der Waals surface area contributed by atoms with Crippen molar-refractivity contribution in [2.24, 2.45) is 5.16 Å². The molecule has 23 heavy (non-hydrogen) atoms. The fraction of sp³-hybridized carbons (Fsp3) is 0.263. The zero-order valence-electron chi connectivity index (χ0n) is 12.8. The van der Waals surface area contributed by atoms with Crippen molar-refractivity contribution in [2.45, 2.75) is 31.5 Å². The molecule has 2 unspecified atom stereocenters. The number of rotatable bonds is 0. The van der Waals surface area contributed by atoms with Crippen LogP contribution < -0.4 is 0 Å². The quantitative estimate of drug-likeness (QED) is 0.761. The Morgan fingerprint density at radius 2 is 2.04 bits per heavy atom.